The highest BCUT2D eigenvalue weighted by Crippen LogP contribution is 2.32. The Kier molecular flexibility index (Phi) is 7.84. The van der Waals surface area contributed by atoms with Crippen LogP contribution < -0.4 is 15.4 Å². The molecule has 0 bridgehead atoms. The van der Waals surface area contributed by atoms with Crippen molar-refractivity contribution in [3.63, 3.8) is 0 Å². The number of anilines is 1. The number of rotatable bonds is 5. The number of carbonyl (C=O) groups is 1. The third kappa shape index (κ3) is 5.15. The van der Waals surface area contributed by atoms with Crippen molar-refractivity contribution in [3.05, 3.63) is 70.0 Å². The molecule has 1 aromatic heterocycles. The number of carbonyl (C=O) groups excluding carboxylic acids is 1. The summed E-state index contributed by atoms with van der Waals surface area (Å²) in [5, 5.41) is 11.9. The highest BCUT2D eigenvalue weighted by atomic mass is 35.5. The molecule has 1 fully saturated rings. The Morgan fingerprint density at radius 3 is 2.52 bits per heavy atom. The van der Waals surface area contributed by atoms with E-state index in [0.29, 0.717) is 27.0 Å². The highest BCUT2D eigenvalue weighted by Gasteiger charge is 2.27. The summed E-state index contributed by atoms with van der Waals surface area (Å²) in [6.07, 6.45) is 3.51. The molecular weight excluding hydrogens is 459 g/mol. The fourth-order valence-electron chi connectivity index (χ4n) is 3.75. The lowest BCUT2D eigenvalue weighted by Gasteiger charge is -2.24. The summed E-state index contributed by atoms with van der Waals surface area (Å²) < 4.78 is 7.02. The van der Waals surface area contributed by atoms with Crippen LogP contribution in [0.25, 0.3) is 5.69 Å². The van der Waals surface area contributed by atoms with Crippen LogP contribution >= 0.6 is 35.6 Å². The molecule has 6 nitrogen and oxygen atoms in total. The normalized spacial score (nSPS) is 14.0. The van der Waals surface area contributed by atoms with Gasteiger partial charge in [-0.3, -0.25) is 4.79 Å². The molecule has 2 aromatic carbocycles. The predicted octanol–water partition coefficient (Wildman–Crippen LogP) is 5.33. The summed E-state index contributed by atoms with van der Waals surface area (Å²) in [5.41, 5.74) is 2.94. The number of nitrogens with one attached hydrogen (secondary N) is 2. The van der Waals surface area contributed by atoms with Crippen LogP contribution in [-0.4, -0.2) is 35.9 Å². The summed E-state index contributed by atoms with van der Waals surface area (Å²) in [6, 6.07) is 12.6. The summed E-state index contributed by atoms with van der Waals surface area (Å²) in [5.74, 6) is 0.565. The molecule has 2 heterocycles. The molecular formula is C22H23Cl3N4O2. The summed E-state index contributed by atoms with van der Waals surface area (Å²) >= 11 is 12.2. The van der Waals surface area contributed by atoms with E-state index in [2.05, 4.69) is 15.7 Å². The van der Waals surface area contributed by atoms with Gasteiger partial charge < -0.3 is 15.4 Å². The van der Waals surface area contributed by atoms with Gasteiger partial charge in [-0.2, -0.15) is 5.10 Å². The number of amides is 1. The van der Waals surface area contributed by atoms with Gasteiger partial charge in [0.2, 0.25) is 0 Å². The predicted molar refractivity (Wildman–Crippen MR) is 127 cm³/mol. The molecule has 1 saturated heterocycles. The van der Waals surface area contributed by atoms with E-state index >= 15 is 0 Å². The zero-order valence-electron chi connectivity index (χ0n) is 16.9. The molecule has 164 valence electrons. The summed E-state index contributed by atoms with van der Waals surface area (Å²) in [4.78, 5) is 13.2. The lowest BCUT2D eigenvalue weighted by atomic mass is 9.91. The van der Waals surface area contributed by atoms with E-state index in [0.717, 1.165) is 37.3 Å². The van der Waals surface area contributed by atoms with Gasteiger partial charge in [0.1, 0.15) is 5.75 Å². The molecule has 1 aliphatic rings. The van der Waals surface area contributed by atoms with Crippen LogP contribution in [0.1, 0.15) is 34.8 Å². The minimum absolute atomic E-state index is 0. The first-order valence-corrected chi connectivity index (χ1v) is 10.5. The monoisotopic (exact) mass is 480 g/mol. The van der Waals surface area contributed by atoms with E-state index in [9.17, 15) is 4.79 Å². The van der Waals surface area contributed by atoms with Crippen molar-refractivity contribution in [2.45, 2.75) is 18.8 Å². The maximum absolute atomic E-state index is 13.2. The molecule has 0 radical (unpaired) electrons. The molecule has 2 N–H and O–H groups in total. The largest absolute Gasteiger partial charge is 0.495 e. The maximum Gasteiger partial charge on any atom is 0.259 e. The van der Waals surface area contributed by atoms with E-state index in [1.165, 1.54) is 0 Å². The van der Waals surface area contributed by atoms with Crippen LogP contribution in [0.15, 0.2) is 48.7 Å². The minimum Gasteiger partial charge on any atom is -0.495 e. The Bertz CT molecular complexity index is 1050. The quantitative estimate of drug-likeness (QED) is 0.517. The molecule has 3 aromatic rings. The molecule has 0 unspecified atom stereocenters. The van der Waals surface area contributed by atoms with E-state index in [1.54, 1.807) is 31.5 Å². The Morgan fingerprint density at radius 2 is 1.87 bits per heavy atom. The van der Waals surface area contributed by atoms with Crippen LogP contribution in [0.5, 0.6) is 5.75 Å². The molecule has 9 heteroatoms. The molecule has 1 aliphatic heterocycles. The lowest BCUT2D eigenvalue weighted by molar-refractivity contribution is 0.102. The van der Waals surface area contributed by atoms with Crippen molar-refractivity contribution in [1.29, 1.82) is 0 Å². The van der Waals surface area contributed by atoms with Gasteiger partial charge in [0.15, 0.2) is 0 Å². The number of piperidine rings is 1. The molecule has 0 atom stereocenters. The fraction of sp³-hybridized carbons (Fsp3) is 0.273. The Hall–Kier alpha value is -2.25. The average Bonchev–Trinajstić information content (AvgIpc) is 3.20. The fourth-order valence-corrected chi connectivity index (χ4v) is 4.14. The average molecular weight is 482 g/mol. The number of ether oxygens (including phenoxy) is 1. The zero-order valence-corrected chi connectivity index (χ0v) is 19.2. The first-order chi connectivity index (χ1) is 14.6. The van der Waals surface area contributed by atoms with Gasteiger partial charge in [0.05, 0.1) is 35.3 Å². The molecule has 4 rings (SSSR count). The van der Waals surface area contributed by atoms with E-state index in [1.807, 2.05) is 28.9 Å². The Labute approximate surface area is 197 Å². The van der Waals surface area contributed by atoms with Crippen LogP contribution in [-0.2, 0) is 0 Å². The molecule has 0 spiro atoms. The molecule has 0 aliphatic carbocycles. The standard InChI is InChI=1S/C22H22Cl2N4O2.ClH/c1-30-20-7-4-16(12-19(20)24)27-22(29)18-13-26-28(17-5-2-15(23)3-6-17)21(18)14-8-10-25-11-9-14;/h2-7,12-14,25H,8-11H2,1H3,(H,27,29);1H. The third-order valence-corrected chi connectivity index (χ3v) is 5.81. The second-order valence-electron chi connectivity index (χ2n) is 7.16. The number of methoxy groups -OCH3 is 1. The first-order valence-electron chi connectivity index (χ1n) is 9.76. The number of halogens is 3. The van der Waals surface area contributed by atoms with Crippen LogP contribution in [0.3, 0.4) is 0 Å². The first kappa shape index (κ1) is 23.4. The number of hydrogen-bond acceptors (Lipinski definition) is 4. The second kappa shape index (κ2) is 10.4. The van der Waals surface area contributed by atoms with Gasteiger partial charge in [-0.25, -0.2) is 4.68 Å². The van der Waals surface area contributed by atoms with Crippen molar-refractivity contribution in [2.24, 2.45) is 0 Å². The Balaban J connectivity index is 0.00000272. The molecule has 1 amide bonds. The van der Waals surface area contributed by atoms with Crippen LogP contribution in [0.4, 0.5) is 5.69 Å². The smallest absolute Gasteiger partial charge is 0.259 e. The Morgan fingerprint density at radius 1 is 1.16 bits per heavy atom. The van der Waals surface area contributed by atoms with Crippen LogP contribution in [0.2, 0.25) is 10.0 Å². The van der Waals surface area contributed by atoms with Crippen molar-refractivity contribution >= 4 is 47.2 Å². The third-order valence-electron chi connectivity index (χ3n) is 5.26. The van der Waals surface area contributed by atoms with Gasteiger partial charge in [0, 0.05) is 16.6 Å². The summed E-state index contributed by atoms with van der Waals surface area (Å²) in [7, 11) is 1.55. The van der Waals surface area contributed by atoms with Gasteiger partial charge >= 0.3 is 0 Å². The van der Waals surface area contributed by atoms with Crippen molar-refractivity contribution in [2.75, 3.05) is 25.5 Å². The van der Waals surface area contributed by atoms with Crippen molar-refractivity contribution in [1.82, 2.24) is 15.1 Å². The van der Waals surface area contributed by atoms with Crippen LogP contribution in [0, 0.1) is 0 Å². The lowest BCUT2D eigenvalue weighted by Crippen LogP contribution is -2.29. The van der Waals surface area contributed by atoms with E-state index in [-0.39, 0.29) is 24.2 Å². The second-order valence-corrected chi connectivity index (χ2v) is 8.00. The van der Waals surface area contributed by atoms with Crippen molar-refractivity contribution in [3.8, 4) is 11.4 Å². The number of benzene rings is 2. The van der Waals surface area contributed by atoms with E-state index < -0.39 is 0 Å². The SMILES string of the molecule is COc1ccc(NC(=O)c2cnn(-c3ccc(Cl)cc3)c2C2CCNCC2)cc1Cl.Cl. The minimum atomic E-state index is -0.218. The number of aromatic nitrogens is 2. The number of hydrogen-bond donors (Lipinski definition) is 2. The van der Waals surface area contributed by atoms with Gasteiger partial charge in [-0.1, -0.05) is 23.2 Å². The van der Waals surface area contributed by atoms with E-state index in [4.69, 9.17) is 27.9 Å². The molecule has 0 saturated carbocycles. The summed E-state index contributed by atoms with van der Waals surface area (Å²) in [6.45, 7) is 1.82. The zero-order chi connectivity index (χ0) is 21.1. The topological polar surface area (TPSA) is 68.2 Å². The molecule has 31 heavy (non-hydrogen) atoms. The number of nitrogens with zero attached hydrogens (tertiary/aromatic N) is 2. The van der Waals surface area contributed by atoms with Crippen molar-refractivity contribution < 1.29 is 9.53 Å². The highest BCUT2D eigenvalue weighted by molar-refractivity contribution is 6.32. The van der Waals surface area contributed by atoms with Gasteiger partial charge in [0.25, 0.3) is 5.91 Å². The van der Waals surface area contributed by atoms with Gasteiger partial charge in [-0.15, -0.1) is 12.4 Å². The maximum atomic E-state index is 13.2. The van der Waals surface area contributed by atoms with Gasteiger partial charge in [-0.05, 0) is 68.4 Å².